The van der Waals surface area contributed by atoms with Crippen LogP contribution in [-0.2, 0) is 21.4 Å². The molecule has 2 aromatic carbocycles. The number of piperazine rings is 1. The van der Waals surface area contributed by atoms with Gasteiger partial charge < -0.3 is 9.80 Å². The molecule has 0 radical (unpaired) electrons. The van der Waals surface area contributed by atoms with Gasteiger partial charge >= 0.3 is 0 Å². The molecule has 1 atom stereocenters. The maximum absolute atomic E-state index is 13.1. The van der Waals surface area contributed by atoms with Crippen LogP contribution in [0.4, 0.5) is 0 Å². The molecule has 0 spiro atoms. The number of nitrogens with one attached hydrogen (secondary N) is 1. The highest BCUT2D eigenvalue weighted by Crippen LogP contribution is 2.22. The Labute approximate surface area is 180 Å². The molecule has 0 saturated carbocycles. The van der Waals surface area contributed by atoms with Gasteiger partial charge in [-0.05, 0) is 38.0 Å². The summed E-state index contributed by atoms with van der Waals surface area (Å²) in [4.78, 5) is 16.2. The molecule has 1 heterocycles. The fourth-order valence-electron chi connectivity index (χ4n) is 3.82. The van der Waals surface area contributed by atoms with Gasteiger partial charge in [0, 0.05) is 31.7 Å². The molecule has 1 saturated heterocycles. The molecule has 6 nitrogen and oxygen atoms in total. The number of carbonyl (C=O) groups is 1. The maximum atomic E-state index is 13.1. The molecule has 0 aromatic heterocycles. The Balaban J connectivity index is 1.59. The van der Waals surface area contributed by atoms with Gasteiger partial charge in [-0.1, -0.05) is 42.5 Å². The van der Waals surface area contributed by atoms with Crippen LogP contribution < -0.4 is 4.90 Å². The van der Waals surface area contributed by atoms with Gasteiger partial charge in [-0.3, -0.25) is 4.79 Å². The van der Waals surface area contributed by atoms with E-state index in [9.17, 15) is 13.2 Å². The summed E-state index contributed by atoms with van der Waals surface area (Å²) in [5.74, 6) is 0.0894. The first kappa shape index (κ1) is 22.5. The van der Waals surface area contributed by atoms with Crippen molar-refractivity contribution in [2.75, 3.05) is 39.3 Å². The SMILES string of the molecule is CC[NH+](CC(=O)N1CCN(S(=O)(=O)c2cc(C)ccc2C)CC1)Cc1ccccc1. The van der Waals surface area contributed by atoms with Crippen LogP contribution in [0.1, 0.15) is 23.6 Å². The molecule has 1 amide bonds. The lowest BCUT2D eigenvalue weighted by Gasteiger charge is -2.34. The van der Waals surface area contributed by atoms with Crippen LogP contribution in [-0.4, -0.2) is 62.8 Å². The van der Waals surface area contributed by atoms with Crippen molar-refractivity contribution in [3.63, 3.8) is 0 Å². The van der Waals surface area contributed by atoms with E-state index in [1.54, 1.807) is 11.0 Å². The highest BCUT2D eigenvalue weighted by atomic mass is 32.2. The zero-order valence-corrected chi connectivity index (χ0v) is 18.9. The Kier molecular flexibility index (Phi) is 7.28. The zero-order valence-electron chi connectivity index (χ0n) is 18.1. The Morgan fingerprint density at radius 1 is 1.00 bits per heavy atom. The van der Waals surface area contributed by atoms with Crippen molar-refractivity contribution < 1.29 is 18.1 Å². The summed E-state index contributed by atoms with van der Waals surface area (Å²) < 4.78 is 27.7. The molecule has 1 fully saturated rings. The smallest absolute Gasteiger partial charge is 0.277 e. The highest BCUT2D eigenvalue weighted by Gasteiger charge is 2.32. The molecule has 1 aliphatic heterocycles. The predicted octanol–water partition coefficient (Wildman–Crippen LogP) is 1.24. The number of nitrogens with zero attached hydrogens (tertiary/aromatic N) is 2. The lowest BCUT2D eigenvalue weighted by Crippen LogP contribution is -3.11. The van der Waals surface area contributed by atoms with E-state index in [0.29, 0.717) is 37.6 Å². The Morgan fingerprint density at radius 3 is 2.30 bits per heavy atom. The average Bonchev–Trinajstić information content (AvgIpc) is 2.75. The van der Waals surface area contributed by atoms with Crippen molar-refractivity contribution in [1.82, 2.24) is 9.21 Å². The maximum Gasteiger partial charge on any atom is 0.277 e. The quantitative estimate of drug-likeness (QED) is 0.719. The molecule has 0 bridgehead atoms. The van der Waals surface area contributed by atoms with Crippen molar-refractivity contribution in [3.8, 4) is 0 Å². The number of likely N-dealkylation sites (N-methyl/N-ethyl adjacent to an activating group) is 1. The van der Waals surface area contributed by atoms with Crippen LogP contribution in [0.5, 0.6) is 0 Å². The first-order valence-electron chi connectivity index (χ1n) is 10.5. The number of carbonyl (C=O) groups excluding carboxylic acids is 1. The van der Waals surface area contributed by atoms with Gasteiger partial charge in [-0.25, -0.2) is 8.42 Å². The van der Waals surface area contributed by atoms with Crippen LogP contribution in [0.3, 0.4) is 0 Å². The summed E-state index contributed by atoms with van der Waals surface area (Å²) in [6.07, 6.45) is 0. The minimum absolute atomic E-state index is 0.0894. The number of hydrogen-bond donors (Lipinski definition) is 1. The summed E-state index contributed by atoms with van der Waals surface area (Å²) in [5, 5.41) is 0. The molecular formula is C23H32N3O3S+. The Morgan fingerprint density at radius 2 is 1.67 bits per heavy atom. The number of sulfonamides is 1. The summed E-state index contributed by atoms with van der Waals surface area (Å²) in [6, 6.07) is 15.7. The van der Waals surface area contributed by atoms with E-state index in [1.165, 1.54) is 14.8 Å². The number of quaternary nitrogens is 1. The fraction of sp³-hybridized carbons (Fsp3) is 0.435. The second-order valence-electron chi connectivity index (χ2n) is 8.00. The Hall–Kier alpha value is -2.22. The number of benzene rings is 2. The summed E-state index contributed by atoms with van der Waals surface area (Å²) in [7, 11) is -3.54. The number of aryl methyl sites for hydroxylation is 2. The molecule has 7 heteroatoms. The van der Waals surface area contributed by atoms with Crippen LogP contribution in [0.2, 0.25) is 0 Å². The van der Waals surface area contributed by atoms with Gasteiger partial charge in [-0.2, -0.15) is 4.31 Å². The molecule has 1 aliphatic rings. The van der Waals surface area contributed by atoms with E-state index < -0.39 is 10.0 Å². The molecular weight excluding hydrogens is 398 g/mol. The minimum Gasteiger partial charge on any atom is -0.335 e. The zero-order chi connectivity index (χ0) is 21.7. The van der Waals surface area contributed by atoms with Crippen molar-refractivity contribution in [2.45, 2.75) is 32.2 Å². The van der Waals surface area contributed by atoms with E-state index in [4.69, 9.17) is 0 Å². The van der Waals surface area contributed by atoms with E-state index in [0.717, 1.165) is 24.2 Å². The highest BCUT2D eigenvalue weighted by molar-refractivity contribution is 7.89. The van der Waals surface area contributed by atoms with Gasteiger partial charge in [0.1, 0.15) is 6.54 Å². The van der Waals surface area contributed by atoms with Gasteiger partial charge in [0.05, 0.1) is 11.4 Å². The van der Waals surface area contributed by atoms with Crippen LogP contribution in [0.25, 0.3) is 0 Å². The second-order valence-corrected chi connectivity index (χ2v) is 9.90. The predicted molar refractivity (Wildman–Crippen MR) is 118 cm³/mol. The van der Waals surface area contributed by atoms with Crippen LogP contribution >= 0.6 is 0 Å². The van der Waals surface area contributed by atoms with Crippen molar-refractivity contribution in [2.24, 2.45) is 0 Å². The largest absolute Gasteiger partial charge is 0.335 e. The van der Waals surface area contributed by atoms with E-state index in [2.05, 4.69) is 19.1 Å². The van der Waals surface area contributed by atoms with Gasteiger partial charge in [0.15, 0.2) is 6.54 Å². The normalized spacial score (nSPS) is 16.4. The summed E-state index contributed by atoms with van der Waals surface area (Å²) in [6.45, 7) is 9.44. The lowest BCUT2D eigenvalue weighted by molar-refractivity contribution is -0.904. The third kappa shape index (κ3) is 5.28. The first-order chi connectivity index (χ1) is 14.3. The van der Waals surface area contributed by atoms with E-state index >= 15 is 0 Å². The topological polar surface area (TPSA) is 62.1 Å². The van der Waals surface area contributed by atoms with Crippen molar-refractivity contribution in [1.29, 1.82) is 0 Å². The molecule has 162 valence electrons. The fourth-order valence-corrected chi connectivity index (χ4v) is 5.56. The third-order valence-corrected chi connectivity index (χ3v) is 7.79. The molecule has 1 N–H and O–H groups in total. The van der Waals surface area contributed by atoms with Crippen molar-refractivity contribution >= 4 is 15.9 Å². The summed E-state index contributed by atoms with van der Waals surface area (Å²) in [5.41, 5.74) is 2.89. The minimum atomic E-state index is -3.54. The standard InChI is InChI=1S/C23H31N3O3S/c1-4-24(17-21-8-6-5-7-9-21)18-23(27)25-12-14-26(15-13-25)30(28,29)22-16-19(2)10-11-20(22)3/h5-11,16H,4,12-15,17-18H2,1-3H3/p+1. The molecule has 3 rings (SSSR count). The van der Waals surface area contributed by atoms with Gasteiger partial charge in [0.2, 0.25) is 10.0 Å². The van der Waals surface area contributed by atoms with Crippen molar-refractivity contribution in [3.05, 3.63) is 65.2 Å². The molecule has 0 aliphatic carbocycles. The Bertz CT molecular complexity index is 968. The third-order valence-electron chi connectivity index (χ3n) is 5.75. The second kappa shape index (κ2) is 9.73. The lowest BCUT2D eigenvalue weighted by atomic mass is 10.2. The number of rotatable bonds is 7. The molecule has 30 heavy (non-hydrogen) atoms. The average molecular weight is 431 g/mol. The first-order valence-corrected chi connectivity index (χ1v) is 12.0. The van der Waals surface area contributed by atoms with Gasteiger partial charge in [0.25, 0.3) is 5.91 Å². The van der Waals surface area contributed by atoms with Crippen LogP contribution in [0.15, 0.2) is 53.4 Å². The monoisotopic (exact) mass is 430 g/mol. The molecule has 1 unspecified atom stereocenters. The number of amides is 1. The van der Waals surface area contributed by atoms with E-state index in [-0.39, 0.29) is 5.91 Å². The summed E-state index contributed by atoms with van der Waals surface area (Å²) >= 11 is 0. The number of hydrogen-bond acceptors (Lipinski definition) is 3. The van der Waals surface area contributed by atoms with Crippen LogP contribution in [0, 0.1) is 13.8 Å². The van der Waals surface area contributed by atoms with E-state index in [1.807, 2.05) is 44.2 Å². The van der Waals surface area contributed by atoms with Gasteiger partial charge in [-0.15, -0.1) is 0 Å². The molecule has 2 aromatic rings.